The summed E-state index contributed by atoms with van der Waals surface area (Å²) in [5, 5.41) is 52.5. The van der Waals surface area contributed by atoms with Crippen molar-refractivity contribution in [2.45, 2.75) is 87.5 Å². The summed E-state index contributed by atoms with van der Waals surface area (Å²) in [7, 11) is -1.61. The van der Waals surface area contributed by atoms with E-state index in [9.17, 15) is 44.7 Å². The number of carbonyl (C=O) groups is 3. The second-order valence-corrected chi connectivity index (χ2v) is 18.9. The Hall–Kier alpha value is -4.23. The van der Waals surface area contributed by atoms with E-state index >= 15 is 0 Å². The summed E-state index contributed by atoms with van der Waals surface area (Å²) in [6, 6.07) is 21.2. The first-order chi connectivity index (χ1) is 26.1. The summed E-state index contributed by atoms with van der Waals surface area (Å²) in [6.07, 6.45) is -9.94. The first-order valence-electron chi connectivity index (χ1n) is 18.2. The van der Waals surface area contributed by atoms with Gasteiger partial charge in [-0.05, 0) is 54.6 Å². The third kappa shape index (κ3) is 7.79. The lowest BCUT2D eigenvalue weighted by Crippen LogP contribution is -2.60. The van der Waals surface area contributed by atoms with Crippen LogP contribution in [-0.4, -0.2) is 118 Å². The van der Waals surface area contributed by atoms with Crippen LogP contribution >= 0.6 is 0 Å². The van der Waals surface area contributed by atoms with Gasteiger partial charge in [0.25, 0.3) is 11.8 Å². The fraction of sp³-hybridized carbons (Fsp3) is 0.462. The highest BCUT2D eigenvalue weighted by molar-refractivity contribution is 6.71. The number of anilines is 2. The van der Waals surface area contributed by atoms with Crippen LogP contribution in [-0.2, 0) is 42.5 Å². The number of fused-ring (bicyclic) bond motifs is 2. The first-order valence-corrected chi connectivity index (χ1v) is 21.2. The minimum absolute atomic E-state index is 0.0292. The fourth-order valence-electron chi connectivity index (χ4n) is 8.28. The van der Waals surface area contributed by atoms with Crippen LogP contribution in [0.1, 0.15) is 30.0 Å². The molecule has 9 atom stereocenters. The fourth-order valence-corrected chi connectivity index (χ4v) is 10.8. The minimum atomic E-state index is -3.12. The molecule has 55 heavy (non-hydrogen) atoms. The number of methoxy groups -OCH3 is 1. The molecule has 0 unspecified atom stereocenters. The van der Waals surface area contributed by atoms with E-state index in [-0.39, 0.29) is 44.3 Å². The van der Waals surface area contributed by atoms with Crippen molar-refractivity contribution in [1.82, 2.24) is 4.90 Å². The molecule has 0 aliphatic carbocycles. The van der Waals surface area contributed by atoms with Gasteiger partial charge in [-0.3, -0.25) is 14.4 Å². The predicted molar refractivity (Wildman–Crippen MR) is 201 cm³/mol. The van der Waals surface area contributed by atoms with E-state index in [1.165, 1.54) is 7.11 Å². The van der Waals surface area contributed by atoms with Gasteiger partial charge in [-0.25, -0.2) is 0 Å². The molecule has 0 radical (unpaired) electrons. The van der Waals surface area contributed by atoms with E-state index in [1.54, 1.807) is 65.4 Å². The molecule has 0 saturated carbocycles. The van der Waals surface area contributed by atoms with Gasteiger partial charge < -0.3 is 59.7 Å². The normalized spacial score (nSPS) is 29.0. The van der Waals surface area contributed by atoms with Gasteiger partial charge in [0.1, 0.15) is 24.1 Å². The number of amides is 3. The molecule has 2 fully saturated rings. The Kier molecular flexibility index (Phi) is 11.8. The van der Waals surface area contributed by atoms with Crippen LogP contribution in [0, 0.1) is 5.92 Å². The maximum absolute atomic E-state index is 15.0. The van der Waals surface area contributed by atoms with Crippen molar-refractivity contribution in [3.63, 3.8) is 0 Å². The maximum Gasteiger partial charge on any atom is 0.264 e. The molecular formula is C39H49N3O12Si. The van der Waals surface area contributed by atoms with Gasteiger partial charge in [-0.1, -0.05) is 49.4 Å². The third-order valence-electron chi connectivity index (χ3n) is 10.9. The van der Waals surface area contributed by atoms with Crippen molar-refractivity contribution in [3.05, 3.63) is 89.5 Å². The Morgan fingerprint density at radius 1 is 0.964 bits per heavy atom. The lowest BCUT2D eigenvalue weighted by atomic mass is 9.82. The van der Waals surface area contributed by atoms with Gasteiger partial charge >= 0.3 is 0 Å². The van der Waals surface area contributed by atoms with Gasteiger partial charge in [0.05, 0.1) is 38.5 Å². The molecule has 1 spiro atoms. The van der Waals surface area contributed by atoms with Gasteiger partial charge in [-0.2, -0.15) is 0 Å². The van der Waals surface area contributed by atoms with Crippen molar-refractivity contribution in [2.75, 3.05) is 30.5 Å². The van der Waals surface area contributed by atoms with Gasteiger partial charge in [0.15, 0.2) is 26.3 Å². The predicted octanol–water partition coefficient (Wildman–Crippen LogP) is 1.19. The summed E-state index contributed by atoms with van der Waals surface area (Å²) in [5.41, 5.74) is 0.703. The van der Waals surface area contributed by atoms with Crippen LogP contribution in [0.5, 0.6) is 5.75 Å². The molecule has 3 aromatic carbocycles. The number of ether oxygens (including phenoxy) is 3. The molecular weight excluding hydrogens is 731 g/mol. The Labute approximate surface area is 319 Å². The van der Waals surface area contributed by atoms with Crippen LogP contribution in [0.15, 0.2) is 72.8 Å². The highest BCUT2D eigenvalue weighted by atomic mass is 28.4. The third-order valence-corrected chi connectivity index (χ3v) is 13.4. The van der Waals surface area contributed by atoms with Crippen molar-refractivity contribution >= 4 is 37.4 Å². The van der Waals surface area contributed by atoms with E-state index in [0.717, 1.165) is 5.56 Å². The van der Waals surface area contributed by atoms with Gasteiger partial charge in [-0.15, -0.1) is 0 Å². The summed E-state index contributed by atoms with van der Waals surface area (Å²) < 4.78 is 17.5. The quantitative estimate of drug-likeness (QED) is 0.129. The smallest absolute Gasteiger partial charge is 0.264 e. The SMILES string of the molecule is COc1ccc2c(c1)[C@@]1(O[C@H](CC(=O)N(CCO)Cc3ccccc3)[C@@H]([Si](C)(C)O)[C@@H]1C)C(=O)N2Cc1cccc(NC(=O)[C@H]2O[C@@H](O)[C@H](O)[C@@H](O)[C@@H]2O)c1. The van der Waals surface area contributed by atoms with Gasteiger partial charge in [0, 0.05) is 35.8 Å². The van der Waals surface area contributed by atoms with Crippen molar-refractivity contribution in [2.24, 2.45) is 5.92 Å². The van der Waals surface area contributed by atoms with E-state index in [0.29, 0.717) is 22.6 Å². The molecule has 0 aromatic heterocycles. The Balaban J connectivity index is 1.29. The molecule has 0 bridgehead atoms. The lowest BCUT2D eigenvalue weighted by molar-refractivity contribution is -0.274. The number of nitrogens with zero attached hydrogens (tertiary/aromatic N) is 2. The topological polar surface area (TPSA) is 219 Å². The largest absolute Gasteiger partial charge is 0.497 e. The maximum atomic E-state index is 15.0. The number of rotatable bonds is 12. The molecule has 3 heterocycles. The number of benzene rings is 3. The summed E-state index contributed by atoms with van der Waals surface area (Å²) in [4.78, 5) is 56.8. The average molecular weight is 780 g/mol. The standard InChI is InChI=1S/C39H49N3O12Si/c1-22-35(55(3,4)51)29(19-30(44)41(15-16-43)20-23-9-6-5-7-10-23)54-39(22)27-18-26(52-2)13-14-28(27)42(38(39)50)21-24-11-8-12-25(17-24)40-36(48)34-32(46)31(45)33(47)37(49)53-34/h5-14,17-18,22,29,31-35,37,43,45-47,49,51H,15-16,19-21H2,1-4H3,(H,40,48)/t22-,29+,31-,32-,33+,34-,35-,37+,39+/m0/s1. The molecule has 7 N–H and O–H groups in total. The number of nitrogens with one attached hydrogen (secondary N) is 1. The summed E-state index contributed by atoms with van der Waals surface area (Å²) in [6.45, 7) is 5.56. The molecule has 296 valence electrons. The van der Waals surface area contributed by atoms with Gasteiger partial charge in [0.2, 0.25) is 5.91 Å². The highest BCUT2D eigenvalue weighted by Crippen LogP contribution is 2.60. The van der Waals surface area contributed by atoms with Crippen LogP contribution in [0.3, 0.4) is 0 Å². The summed E-state index contributed by atoms with van der Waals surface area (Å²) in [5.74, 6) is -1.64. The molecule has 16 heteroatoms. The molecule has 2 saturated heterocycles. The Morgan fingerprint density at radius 2 is 1.67 bits per heavy atom. The highest BCUT2D eigenvalue weighted by Gasteiger charge is 2.66. The van der Waals surface area contributed by atoms with Crippen LogP contribution in [0.25, 0.3) is 0 Å². The van der Waals surface area contributed by atoms with Crippen LogP contribution < -0.4 is 15.0 Å². The van der Waals surface area contributed by atoms with Crippen LogP contribution in [0.2, 0.25) is 18.6 Å². The molecule has 6 rings (SSSR count). The molecule has 3 aliphatic heterocycles. The number of hydrogen-bond acceptors (Lipinski definition) is 12. The molecule has 3 amide bonds. The number of hydrogen-bond donors (Lipinski definition) is 7. The van der Waals surface area contributed by atoms with Crippen molar-refractivity contribution in [1.29, 1.82) is 0 Å². The van der Waals surface area contributed by atoms with E-state index in [1.807, 2.05) is 37.3 Å². The second-order valence-electron chi connectivity index (χ2n) is 15.0. The monoisotopic (exact) mass is 779 g/mol. The van der Waals surface area contributed by atoms with Crippen LogP contribution in [0.4, 0.5) is 11.4 Å². The average Bonchev–Trinajstić information content (AvgIpc) is 3.58. The molecule has 3 aromatic rings. The number of aliphatic hydroxyl groups excluding tert-OH is 5. The zero-order valence-corrected chi connectivity index (χ0v) is 32.1. The van der Waals surface area contributed by atoms with Crippen molar-refractivity contribution in [3.8, 4) is 5.75 Å². The molecule has 3 aliphatic rings. The number of carbonyl (C=O) groups excluding carboxylic acids is 3. The minimum Gasteiger partial charge on any atom is -0.497 e. The first kappa shape index (κ1) is 40.4. The van der Waals surface area contributed by atoms with Crippen molar-refractivity contribution < 1.29 is 58.9 Å². The van der Waals surface area contributed by atoms with E-state index in [2.05, 4.69) is 5.32 Å². The second kappa shape index (κ2) is 16.1. The zero-order chi connectivity index (χ0) is 39.8. The van der Waals surface area contributed by atoms with E-state index < -0.39 is 74.0 Å². The summed E-state index contributed by atoms with van der Waals surface area (Å²) >= 11 is 0. The Morgan fingerprint density at radius 3 is 2.35 bits per heavy atom. The zero-order valence-electron chi connectivity index (χ0n) is 31.1. The molecule has 15 nitrogen and oxygen atoms in total. The van der Waals surface area contributed by atoms with E-state index in [4.69, 9.17) is 14.2 Å². The number of aliphatic hydroxyl groups is 5. The Bertz CT molecular complexity index is 1880. The lowest BCUT2D eigenvalue weighted by Gasteiger charge is -2.37.